The smallest absolute Gasteiger partial charge is 0.219 e. The molecule has 6 N–H and O–H groups in total. The van der Waals surface area contributed by atoms with Gasteiger partial charge in [-0.1, -0.05) is 84.0 Å². The maximum absolute atomic E-state index is 11.9. The third kappa shape index (κ3) is 18.8. The van der Waals surface area contributed by atoms with Crippen LogP contribution in [0.4, 0.5) is 0 Å². The van der Waals surface area contributed by atoms with Crippen molar-refractivity contribution < 1.29 is 39.9 Å². The maximum atomic E-state index is 11.9. The SMILES string of the molecule is CCCCCCCCCCCCCCC(O)C(O)CCOC(O)C(=O)C(O)C(O)CCNC(C)=O. The fourth-order valence-electron chi connectivity index (χ4n) is 3.85. The number of carbonyl (C=O) groups is 2. The van der Waals surface area contributed by atoms with Gasteiger partial charge in [-0.15, -0.1) is 0 Å². The summed E-state index contributed by atoms with van der Waals surface area (Å²) in [6.07, 6.45) is 7.84. The Morgan fingerprint density at radius 1 is 0.686 bits per heavy atom. The topological polar surface area (TPSA) is 157 Å². The summed E-state index contributed by atoms with van der Waals surface area (Å²) in [5.41, 5.74) is 0. The van der Waals surface area contributed by atoms with E-state index in [-0.39, 0.29) is 31.9 Å². The van der Waals surface area contributed by atoms with E-state index >= 15 is 0 Å². The van der Waals surface area contributed by atoms with Crippen LogP contribution in [0.3, 0.4) is 0 Å². The van der Waals surface area contributed by atoms with Crippen LogP contribution in [0.5, 0.6) is 0 Å². The Bertz CT molecular complexity index is 533. The van der Waals surface area contributed by atoms with Gasteiger partial charge in [0.1, 0.15) is 6.10 Å². The summed E-state index contributed by atoms with van der Waals surface area (Å²) in [4.78, 5) is 22.7. The third-order valence-corrected chi connectivity index (χ3v) is 6.20. The largest absolute Gasteiger partial charge is 0.390 e. The number of carbonyl (C=O) groups excluding carboxylic acids is 2. The van der Waals surface area contributed by atoms with E-state index < -0.39 is 36.5 Å². The maximum Gasteiger partial charge on any atom is 0.219 e. The molecule has 0 fully saturated rings. The van der Waals surface area contributed by atoms with Crippen molar-refractivity contribution >= 4 is 11.7 Å². The highest BCUT2D eigenvalue weighted by Crippen LogP contribution is 2.14. The molecule has 0 bridgehead atoms. The number of rotatable bonds is 24. The summed E-state index contributed by atoms with van der Waals surface area (Å²) < 4.78 is 4.95. The molecule has 0 saturated heterocycles. The van der Waals surface area contributed by atoms with Crippen LogP contribution >= 0.6 is 0 Å². The summed E-state index contributed by atoms with van der Waals surface area (Å²) in [5, 5.41) is 52.0. The van der Waals surface area contributed by atoms with Gasteiger partial charge in [0.15, 0.2) is 0 Å². The molecule has 0 aliphatic carbocycles. The van der Waals surface area contributed by atoms with Crippen LogP contribution in [0.15, 0.2) is 0 Å². The Kier molecular flexibility index (Phi) is 21.4. The predicted octanol–water partition coefficient (Wildman–Crippen LogP) is 2.34. The monoisotopic (exact) mass is 505 g/mol. The van der Waals surface area contributed by atoms with E-state index in [1.54, 1.807) is 0 Å². The zero-order valence-electron chi connectivity index (χ0n) is 21.9. The molecule has 0 rings (SSSR count). The van der Waals surface area contributed by atoms with Gasteiger partial charge >= 0.3 is 0 Å². The summed E-state index contributed by atoms with van der Waals surface area (Å²) in [7, 11) is 0. The molecule has 0 aromatic carbocycles. The lowest BCUT2D eigenvalue weighted by Crippen LogP contribution is -2.43. The van der Waals surface area contributed by atoms with E-state index in [1.807, 2.05) is 0 Å². The van der Waals surface area contributed by atoms with Crippen LogP contribution in [0.2, 0.25) is 0 Å². The van der Waals surface area contributed by atoms with Gasteiger partial charge in [-0.3, -0.25) is 9.59 Å². The summed E-state index contributed by atoms with van der Waals surface area (Å²) in [6, 6.07) is 0. The van der Waals surface area contributed by atoms with Crippen molar-refractivity contribution in [2.75, 3.05) is 13.2 Å². The lowest BCUT2D eigenvalue weighted by Gasteiger charge is -2.21. The van der Waals surface area contributed by atoms with Crippen LogP contribution in [-0.4, -0.2) is 81.1 Å². The standard InChI is InChI=1S/C26H51NO8/c1-3-4-5-6-7-8-9-10-11-12-13-14-15-21(29)22(30)17-19-35-26(34)25(33)24(32)23(31)16-18-27-20(2)28/h21-24,26,29-32,34H,3-19H2,1-2H3,(H,27,28). The summed E-state index contributed by atoms with van der Waals surface area (Å²) in [5.74, 6) is -1.41. The van der Waals surface area contributed by atoms with Crippen molar-refractivity contribution in [3.05, 3.63) is 0 Å². The molecule has 5 unspecified atom stereocenters. The number of aliphatic hydroxyl groups is 5. The second kappa shape index (κ2) is 22.1. The molecule has 0 saturated carbocycles. The zero-order valence-corrected chi connectivity index (χ0v) is 21.9. The lowest BCUT2D eigenvalue weighted by molar-refractivity contribution is -0.171. The van der Waals surface area contributed by atoms with Crippen LogP contribution in [0, 0.1) is 0 Å². The molecule has 0 aliphatic rings. The van der Waals surface area contributed by atoms with Gasteiger partial charge in [-0.05, 0) is 19.3 Å². The molecule has 9 nitrogen and oxygen atoms in total. The second-order valence-electron chi connectivity index (χ2n) is 9.51. The Morgan fingerprint density at radius 3 is 1.69 bits per heavy atom. The summed E-state index contributed by atoms with van der Waals surface area (Å²) >= 11 is 0. The average molecular weight is 506 g/mol. The van der Waals surface area contributed by atoms with E-state index in [0.717, 1.165) is 19.3 Å². The van der Waals surface area contributed by atoms with Gasteiger partial charge in [-0.25, -0.2) is 0 Å². The van der Waals surface area contributed by atoms with Gasteiger partial charge in [0.2, 0.25) is 18.0 Å². The number of hydrogen-bond donors (Lipinski definition) is 6. The van der Waals surface area contributed by atoms with Gasteiger partial charge < -0.3 is 35.6 Å². The molecule has 0 radical (unpaired) electrons. The first-order chi connectivity index (χ1) is 16.7. The van der Waals surface area contributed by atoms with Crippen molar-refractivity contribution in [2.45, 2.75) is 141 Å². The predicted molar refractivity (Wildman–Crippen MR) is 135 cm³/mol. The Balaban J connectivity index is 3.81. The van der Waals surface area contributed by atoms with Crippen LogP contribution in [0.25, 0.3) is 0 Å². The molecule has 35 heavy (non-hydrogen) atoms. The highest BCUT2D eigenvalue weighted by molar-refractivity contribution is 5.86. The fraction of sp³-hybridized carbons (Fsp3) is 0.923. The normalized spacial score (nSPS) is 15.9. The number of hydrogen-bond acceptors (Lipinski definition) is 8. The van der Waals surface area contributed by atoms with E-state index in [1.165, 1.54) is 64.7 Å². The Morgan fingerprint density at radius 2 is 1.17 bits per heavy atom. The average Bonchev–Trinajstić information content (AvgIpc) is 2.82. The number of amides is 1. The van der Waals surface area contributed by atoms with E-state index in [0.29, 0.717) is 6.42 Å². The Labute approximate surface area is 211 Å². The number of ketones is 1. The Hall–Kier alpha value is -1.10. The first kappa shape index (κ1) is 33.9. The van der Waals surface area contributed by atoms with Crippen LogP contribution in [0.1, 0.15) is 110 Å². The van der Waals surface area contributed by atoms with Crippen molar-refractivity contribution in [3.63, 3.8) is 0 Å². The minimum absolute atomic E-state index is 0.0188. The van der Waals surface area contributed by atoms with Crippen LogP contribution < -0.4 is 5.32 Å². The van der Waals surface area contributed by atoms with Crippen molar-refractivity contribution in [3.8, 4) is 0 Å². The summed E-state index contributed by atoms with van der Waals surface area (Å²) in [6.45, 7) is 3.40. The lowest BCUT2D eigenvalue weighted by atomic mass is 10.0. The van der Waals surface area contributed by atoms with Crippen molar-refractivity contribution in [2.24, 2.45) is 0 Å². The molecule has 5 atom stereocenters. The van der Waals surface area contributed by atoms with Gasteiger partial charge in [-0.2, -0.15) is 0 Å². The van der Waals surface area contributed by atoms with Gasteiger partial charge in [0.05, 0.1) is 24.9 Å². The third-order valence-electron chi connectivity index (χ3n) is 6.20. The minimum Gasteiger partial charge on any atom is -0.390 e. The highest BCUT2D eigenvalue weighted by atomic mass is 16.6. The zero-order chi connectivity index (χ0) is 26.5. The molecule has 0 aliphatic heterocycles. The molecule has 0 aromatic heterocycles. The first-order valence-corrected chi connectivity index (χ1v) is 13.5. The van der Waals surface area contributed by atoms with E-state index in [9.17, 15) is 35.1 Å². The van der Waals surface area contributed by atoms with Crippen molar-refractivity contribution in [1.29, 1.82) is 0 Å². The number of aliphatic hydroxyl groups excluding tert-OH is 5. The molecule has 1 amide bonds. The fourth-order valence-corrected chi connectivity index (χ4v) is 3.85. The number of nitrogens with one attached hydrogen (secondary N) is 1. The molecular formula is C26H51NO8. The van der Waals surface area contributed by atoms with Gasteiger partial charge in [0.25, 0.3) is 0 Å². The molecule has 0 spiro atoms. The molecule has 0 aromatic rings. The molecular weight excluding hydrogens is 454 g/mol. The second-order valence-corrected chi connectivity index (χ2v) is 9.51. The van der Waals surface area contributed by atoms with E-state index in [4.69, 9.17) is 4.74 Å². The van der Waals surface area contributed by atoms with Crippen molar-refractivity contribution in [1.82, 2.24) is 5.32 Å². The number of Topliss-reactive ketones (excluding diaryl/α,β-unsaturated/α-hetero) is 1. The molecule has 0 heterocycles. The quantitative estimate of drug-likeness (QED) is 0.0862. The number of unbranched alkanes of at least 4 members (excludes halogenated alkanes) is 11. The first-order valence-electron chi connectivity index (χ1n) is 13.5. The van der Waals surface area contributed by atoms with E-state index in [2.05, 4.69) is 12.2 Å². The molecule has 208 valence electrons. The minimum atomic E-state index is -1.96. The highest BCUT2D eigenvalue weighted by Gasteiger charge is 2.30. The number of ether oxygens (including phenoxy) is 1. The van der Waals surface area contributed by atoms with Gasteiger partial charge in [0, 0.05) is 13.5 Å². The van der Waals surface area contributed by atoms with Crippen LogP contribution in [-0.2, 0) is 14.3 Å². The molecule has 9 heteroatoms.